The molecule has 0 aliphatic heterocycles. The van der Waals surface area contributed by atoms with Crippen LogP contribution in [0.5, 0.6) is 0 Å². The molecule has 3 nitrogen and oxygen atoms in total. The van der Waals surface area contributed by atoms with Crippen LogP contribution in [-0.4, -0.2) is 10.1 Å². The summed E-state index contributed by atoms with van der Waals surface area (Å²) in [6.45, 7) is -0.250. The second-order valence-electron chi connectivity index (χ2n) is 3.22. The molecule has 1 aromatic heterocycles. The third-order valence-corrected chi connectivity index (χ3v) is 2.31. The molecule has 0 saturated heterocycles. The monoisotopic (exact) mass is 201 g/mol. The average Bonchev–Trinajstić information content (AvgIpc) is 2.30. The van der Waals surface area contributed by atoms with E-state index in [1.807, 2.05) is 30.3 Å². The van der Waals surface area contributed by atoms with Gasteiger partial charge < -0.3 is 10.1 Å². The van der Waals surface area contributed by atoms with E-state index in [1.54, 1.807) is 12.3 Å². The second-order valence-corrected chi connectivity index (χ2v) is 3.22. The van der Waals surface area contributed by atoms with Crippen LogP contribution >= 0.6 is 0 Å². The Balaban J connectivity index is 2.63. The molecule has 0 saturated carbocycles. The summed E-state index contributed by atoms with van der Waals surface area (Å²) in [5, 5.41) is 9.14. The van der Waals surface area contributed by atoms with Gasteiger partial charge in [0.1, 0.15) is 0 Å². The van der Waals surface area contributed by atoms with Crippen molar-refractivity contribution in [2.75, 3.05) is 0 Å². The standard InChI is InChI=1S/C12H11NO2/c14-8-11-10(6-7-13-12(11)15)9-4-2-1-3-5-9/h1-7,14H,8H2,(H,13,15). The second kappa shape index (κ2) is 4.11. The van der Waals surface area contributed by atoms with Crippen molar-refractivity contribution in [1.82, 2.24) is 4.98 Å². The van der Waals surface area contributed by atoms with Gasteiger partial charge in [-0.15, -0.1) is 0 Å². The molecule has 3 heteroatoms. The predicted molar refractivity (Wildman–Crippen MR) is 58.4 cm³/mol. The number of aliphatic hydroxyl groups excluding tert-OH is 1. The van der Waals surface area contributed by atoms with E-state index in [0.29, 0.717) is 5.56 Å². The van der Waals surface area contributed by atoms with Gasteiger partial charge in [-0.05, 0) is 17.2 Å². The van der Waals surface area contributed by atoms with Crippen molar-refractivity contribution < 1.29 is 5.11 Å². The van der Waals surface area contributed by atoms with Crippen molar-refractivity contribution in [1.29, 1.82) is 0 Å². The highest BCUT2D eigenvalue weighted by atomic mass is 16.3. The summed E-state index contributed by atoms with van der Waals surface area (Å²) in [6.07, 6.45) is 1.59. The molecule has 76 valence electrons. The molecular weight excluding hydrogens is 190 g/mol. The van der Waals surface area contributed by atoms with Crippen LogP contribution in [0.2, 0.25) is 0 Å². The predicted octanol–water partition coefficient (Wildman–Crippen LogP) is 1.53. The van der Waals surface area contributed by atoms with E-state index in [0.717, 1.165) is 11.1 Å². The zero-order valence-electron chi connectivity index (χ0n) is 8.10. The Kier molecular flexibility index (Phi) is 2.65. The fraction of sp³-hybridized carbons (Fsp3) is 0.0833. The third kappa shape index (κ3) is 1.82. The van der Waals surface area contributed by atoms with Gasteiger partial charge in [0, 0.05) is 6.20 Å². The number of aliphatic hydroxyl groups is 1. The zero-order valence-corrected chi connectivity index (χ0v) is 8.10. The lowest BCUT2D eigenvalue weighted by Crippen LogP contribution is -2.12. The number of pyridine rings is 1. The fourth-order valence-electron chi connectivity index (χ4n) is 1.56. The van der Waals surface area contributed by atoms with E-state index in [4.69, 9.17) is 5.11 Å². The Morgan fingerprint density at radius 1 is 1.13 bits per heavy atom. The lowest BCUT2D eigenvalue weighted by atomic mass is 10.0. The summed E-state index contributed by atoms with van der Waals surface area (Å²) in [6, 6.07) is 11.3. The lowest BCUT2D eigenvalue weighted by Gasteiger charge is -2.05. The molecule has 2 aromatic rings. The largest absolute Gasteiger partial charge is 0.391 e. The van der Waals surface area contributed by atoms with Crippen LogP contribution in [0, 0.1) is 0 Å². The van der Waals surface area contributed by atoms with Crippen molar-refractivity contribution in [2.24, 2.45) is 0 Å². The van der Waals surface area contributed by atoms with Crippen LogP contribution < -0.4 is 5.56 Å². The Morgan fingerprint density at radius 3 is 2.53 bits per heavy atom. The van der Waals surface area contributed by atoms with E-state index in [2.05, 4.69) is 4.98 Å². The van der Waals surface area contributed by atoms with Gasteiger partial charge in [-0.2, -0.15) is 0 Å². The molecule has 0 fully saturated rings. The summed E-state index contributed by atoms with van der Waals surface area (Å²) in [5.41, 5.74) is 1.89. The van der Waals surface area contributed by atoms with Gasteiger partial charge in [-0.25, -0.2) is 0 Å². The van der Waals surface area contributed by atoms with Gasteiger partial charge in [0.05, 0.1) is 12.2 Å². The number of aromatic amines is 1. The zero-order chi connectivity index (χ0) is 10.7. The summed E-state index contributed by atoms with van der Waals surface area (Å²) >= 11 is 0. The maximum Gasteiger partial charge on any atom is 0.254 e. The number of benzene rings is 1. The minimum absolute atomic E-state index is 0.237. The van der Waals surface area contributed by atoms with Gasteiger partial charge in [0.25, 0.3) is 5.56 Å². The Morgan fingerprint density at radius 2 is 1.87 bits per heavy atom. The molecule has 0 radical (unpaired) electrons. The van der Waals surface area contributed by atoms with E-state index in [1.165, 1.54) is 0 Å². The number of nitrogens with one attached hydrogen (secondary N) is 1. The SMILES string of the molecule is O=c1[nH]ccc(-c2ccccc2)c1CO. The maximum atomic E-state index is 11.4. The van der Waals surface area contributed by atoms with Crippen molar-refractivity contribution >= 4 is 0 Å². The highest BCUT2D eigenvalue weighted by Gasteiger charge is 2.06. The molecule has 15 heavy (non-hydrogen) atoms. The van der Waals surface area contributed by atoms with Crippen molar-refractivity contribution in [3.63, 3.8) is 0 Å². The molecule has 0 aliphatic rings. The molecule has 1 heterocycles. The topological polar surface area (TPSA) is 53.1 Å². The van der Waals surface area contributed by atoms with Crippen molar-refractivity contribution in [2.45, 2.75) is 6.61 Å². The number of hydrogen-bond acceptors (Lipinski definition) is 2. The van der Waals surface area contributed by atoms with Crippen molar-refractivity contribution in [3.8, 4) is 11.1 Å². The van der Waals surface area contributed by atoms with Gasteiger partial charge >= 0.3 is 0 Å². The fourth-order valence-corrected chi connectivity index (χ4v) is 1.56. The molecule has 0 aliphatic carbocycles. The highest BCUT2D eigenvalue weighted by molar-refractivity contribution is 5.66. The van der Waals surface area contributed by atoms with E-state index in [9.17, 15) is 4.79 Å². The summed E-state index contributed by atoms with van der Waals surface area (Å²) in [5.74, 6) is 0. The van der Waals surface area contributed by atoms with Gasteiger partial charge in [-0.1, -0.05) is 30.3 Å². The molecule has 0 unspecified atom stereocenters. The van der Waals surface area contributed by atoms with Crippen LogP contribution in [0.15, 0.2) is 47.4 Å². The van der Waals surface area contributed by atoms with E-state index >= 15 is 0 Å². The summed E-state index contributed by atoms with van der Waals surface area (Å²) in [4.78, 5) is 14.0. The van der Waals surface area contributed by atoms with E-state index < -0.39 is 0 Å². The first-order chi connectivity index (χ1) is 7.33. The first-order valence-electron chi connectivity index (χ1n) is 4.70. The van der Waals surface area contributed by atoms with Gasteiger partial charge in [0.15, 0.2) is 0 Å². The molecule has 2 N–H and O–H groups in total. The molecule has 2 rings (SSSR count). The third-order valence-electron chi connectivity index (χ3n) is 2.31. The minimum Gasteiger partial charge on any atom is -0.391 e. The molecule has 0 bridgehead atoms. The maximum absolute atomic E-state index is 11.4. The highest BCUT2D eigenvalue weighted by Crippen LogP contribution is 2.20. The molecular formula is C12H11NO2. The van der Waals surface area contributed by atoms with Crippen LogP contribution in [0.3, 0.4) is 0 Å². The summed E-state index contributed by atoms with van der Waals surface area (Å²) < 4.78 is 0. The minimum atomic E-state index is -0.250. The quantitative estimate of drug-likeness (QED) is 0.774. The molecule has 0 spiro atoms. The molecule has 0 atom stereocenters. The number of H-pyrrole nitrogens is 1. The lowest BCUT2D eigenvalue weighted by molar-refractivity contribution is 0.280. The van der Waals surface area contributed by atoms with Gasteiger partial charge in [0.2, 0.25) is 0 Å². The van der Waals surface area contributed by atoms with Crippen LogP contribution in [0.1, 0.15) is 5.56 Å². The first-order valence-corrected chi connectivity index (χ1v) is 4.70. The van der Waals surface area contributed by atoms with Crippen LogP contribution in [0.25, 0.3) is 11.1 Å². The smallest absolute Gasteiger partial charge is 0.254 e. The Labute approximate surface area is 87.0 Å². The first kappa shape index (κ1) is 9.68. The summed E-state index contributed by atoms with van der Waals surface area (Å²) in [7, 11) is 0. The number of hydrogen-bond donors (Lipinski definition) is 2. The van der Waals surface area contributed by atoms with Crippen LogP contribution in [0.4, 0.5) is 0 Å². The Hall–Kier alpha value is -1.87. The van der Waals surface area contributed by atoms with Crippen LogP contribution in [-0.2, 0) is 6.61 Å². The number of rotatable bonds is 2. The molecule has 0 amide bonds. The van der Waals surface area contributed by atoms with Crippen molar-refractivity contribution in [3.05, 3.63) is 58.5 Å². The average molecular weight is 201 g/mol. The normalized spacial score (nSPS) is 10.2. The number of aromatic nitrogens is 1. The Bertz CT molecular complexity index is 503. The van der Waals surface area contributed by atoms with Gasteiger partial charge in [-0.3, -0.25) is 4.79 Å². The van der Waals surface area contributed by atoms with E-state index in [-0.39, 0.29) is 12.2 Å². The molecule has 1 aromatic carbocycles.